The normalized spacial score (nSPS) is 12.0. The summed E-state index contributed by atoms with van der Waals surface area (Å²) in [5, 5.41) is 9.18. The second kappa shape index (κ2) is 13.5. The molecule has 0 aliphatic heterocycles. The molecule has 1 N–H and O–H groups in total. The maximum absolute atomic E-state index is 11.2. The lowest BCUT2D eigenvalue weighted by Gasteiger charge is -2.22. The summed E-state index contributed by atoms with van der Waals surface area (Å²) in [6, 6.07) is 6.96. The van der Waals surface area contributed by atoms with Crippen LogP contribution in [0.3, 0.4) is 0 Å². The highest BCUT2D eigenvalue weighted by Crippen LogP contribution is 2.24. The summed E-state index contributed by atoms with van der Waals surface area (Å²) in [5.74, 6) is -0.699. The number of benzene rings is 1. The molecular formula is C27H44O4. The van der Waals surface area contributed by atoms with E-state index in [2.05, 4.69) is 25.1 Å². The van der Waals surface area contributed by atoms with Gasteiger partial charge < -0.3 is 9.84 Å². The van der Waals surface area contributed by atoms with Gasteiger partial charge in [-0.15, -0.1) is 0 Å². The Balaban J connectivity index is 2.27. The third-order valence-corrected chi connectivity index (χ3v) is 6.15. The van der Waals surface area contributed by atoms with Gasteiger partial charge in [-0.25, -0.2) is 0 Å². The minimum Gasteiger partial charge on any atom is -0.481 e. The molecule has 0 aromatic heterocycles. The van der Waals surface area contributed by atoms with Crippen LogP contribution in [0.4, 0.5) is 0 Å². The second-order valence-electron chi connectivity index (χ2n) is 10.3. The van der Waals surface area contributed by atoms with E-state index in [0.29, 0.717) is 6.47 Å². The molecule has 1 aromatic carbocycles. The topological polar surface area (TPSA) is 63.6 Å². The van der Waals surface area contributed by atoms with Crippen LogP contribution in [0.15, 0.2) is 18.2 Å². The zero-order chi connectivity index (χ0) is 23.3. The van der Waals surface area contributed by atoms with E-state index in [1.807, 2.05) is 27.7 Å². The fourth-order valence-corrected chi connectivity index (χ4v) is 4.02. The Kier molecular flexibility index (Phi) is 11.9. The van der Waals surface area contributed by atoms with Crippen LogP contribution in [-0.4, -0.2) is 23.1 Å². The molecule has 0 amide bonds. The van der Waals surface area contributed by atoms with E-state index in [1.165, 1.54) is 36.0 Å². The third kappa shape index (κ3) is 11.9. The van der Waals surface area contributed by atoms with Crippen molar-refractivity contribution in [2.24, 2.45) is 5.41 Å². The van der Waals surface area contributed by atoms with Crippen LogP contribution in [0, 0.1) is 12.3 Å². The van der Waals surface area contributed by atoms with Crippen LogP contribution < -0.4 is 0 Å². The van der Waals surface area contributed by atoms with Gasteiger partial charge in [-0.05, 0) is 90.7 Å². The van der Waals surface area contributed by atoms with Gasteiger partial charge in [0.15, 0.2) is 0 Å². The standard InChI is InChI=1S/C27H44O4/c1-22-18-23(14-10-6-8-12-16-26(2,3)25(29)30)20-24(19-22)15-11-7-9-13-17-27(4,5)31-21-28/h18-21H,6-17H2,1-5H3,(H,29,30). The Morgan fingerprint density at radius 3 is 1.81 bits per heavy atom. The Labute approximate surface area is 189 Å². The number of unbranched alkanes of at least 4 members (excludes halogenated alkanes) is 6. The van der Waals surface area contributed by atoms with Crippen LogP contribution in [0.25, 0.3) is 0 Å². The maximum atomic E-state index is 11.2. The number of carbonyl (C=O) groups excluding carboxylic acids is 1. The van der Waals surface area contributed by atoms with Gasteiger partial charge >= 0.3 is 5.97 Å². The minimum atomic E-state index is -0.699. The summed E-state index contributed by atoms with van der Waals surface area (Å²) in [4.78, 5) is 21.7. The molecule has 0 unspecified atom stereocenters. The van der Waals surface area contributed by atoms with Crippen molar-refractivity contribution >= 4 is 12.4 Å². The Bertz CT molecular complexity index is 676. The predicted octanol–water partition coefficient (Wildman–Crippen LogP) is 7.04. The lowest BCUT2D eigenvalue weighted by molar-refractivity contribution is -0.147. The number of carboxylic acid groups (broad SMARTS) is 1. The van der Waals surface area contributed by atoms with E-state index >= 15 is 0 Å². The van der Waals surface area contributed by atoms with Crippen molar-refractivity contribution < 1.29 is 19.4 Å². The van der Waals surface area contributed by atoms with Crippen LogP contribution >= 0.6 is 0 Å². The molecule has 0 saturated heterocycles. The highest BCUT2D eigenvalue weighted by molar-refractivity contribution is 5.73. The molecule has 0 spiro atoms. The summed E-state index contributed by atoms with van der Waals surface area (Å²) in [7, 11) is 0. The monoisotopic (exact) mass is 432 g/mol. The molecule has 0 saturated carbocycles. The molecular weight excluding hydrogens is 388 g/mol. The Morgan fingerprint density at radius 1 is 0.839 bits per heavy atom. The highest BCUT2D eigenvalue weighted by atomic mass is 16.5. The van der Waals surface area contributed by atoms with Crippen molar-refractivity contribution in [1.82, 2.24) is 0 Å². The van der Waals surface area contributed by atoms with Gasteiger partial charge in [0, 0.05) is 0 Å². The fourth-order valence-electron chi connectivity index (χ4n) is 4.02. The smallest absolute Gasteiger partial charge is 0.309 e. The van der Waals surface area contributed by atoms with Crippen molar-refractivity contribution in [2.75, 3.05) is 0 Å². The van der Waals surface area contributed by atoms with Crippen molar-refractivity contribution in [3.63, 3.8) is 0 Å². The molecule has 0 bridgehead atoms. The lowest BCUT2D eigenvalue weighted by Crippen LogP contribution is -2.23. The van der Waals surface area contributed by atoms with Crippen molar-refractivity contribution in [2.45, 2.75) is 117 Å². The first-order valence-electron chi connectivity index (χ1n) is 12.0. The maximum Gasteiger partial charge on any atom is 0.309 e. The summed E-state index contributed by atoms with van der Waals surface area (Å²) in [5.41, 5.74) is 3.24. The van der Waals surface area contributed by atoms with Crippen molar-refractivity contribution in [3.05, 3.63) is 34.9 Å². The first-order chi connectivity index (χ1) is 14.6. The highest BCUT2D eigenvalue weighted by Gasteiger charge is 2.25. The van der Waals surface area contributed by atoms with Gasteiger partial charge in [-0.2, -0.15) is 0 Å². The van der Waals surface area contributed by atoms with Gasteiger partial charge in [-0.3, -0.25) is 9.59 Å². The first kappa shape index (κ1) is 27.2. The number of hydrogen-bond donors (Lipinski definition) is 1. The molecule has 0 aliphatic rings. The van der Waals surface area contributed by atoms with Gasteiger partial charge in [-0.1, -0.05) is 55.9 Å². The van der Waals surface area contributed by atoms with Crippen LogP contribution in [0.1, 0.15) is 109 Å². The fraction of sp³-hybridized carbons (Fsp3) is 0.704. The summed E-state index contributed by atoms with van der Waals surface area (Å²) in [6.07, 6.45) is 12.9. The number of carbonyl (C=O) groups is 2. The molecule has 0 heterocycles. The predicted molar refractivity (Wildman–Crippen MR) is 127 cm³/mol. The van der Waals surface area contributed by atoms with Gasteiger partial charge in [0.25, 0.3) is 6.47 Å². The molecule has 0 fully saturated rings. The van der Waals surface area contributed by atoms with Gasteiger partial charge in [0.1, 0.15) is 5.60 Å². The molecule has 1 rings (SSSR count). The van der Waals surface area contributed by atoms with E-state index in [9.17, 15) is 14.7 Å². The molecule has 4 heteroatoms. The average Bonchev–Trinajstić information content (AvgIpc) is 2.66. The zero-order valence-corrected chi connectivity index (χ0v) is 20.5. The molecule has 0 atom stereocenters. The molecule has 176 valence electrons. The Morgan fingerprint density at radius 2 is 1.32 bits per heavy atom. The van der Waals surface area contributed by atoms with Crippen LogP contribution in [0.2, 0.25) is 0 Å². The van der Waals surface area contributed by atoms with E-state index in [4.69, 9.17) is 4.74 Å². The van der Waals surface area contributed by atoms with Gasteiger partial charge in [0.2, 0.25) is 0 Å². The van der Waals surface area contributed by atoms with E-state index in [-0.39, 0.29) is 5.60 Å². The summed E-state index contributed by atoms with van der Waals surface area (Å²) in [6.45, 7) is 10.3. The minimum absolute atomic E-state index is 0.348. The quantitative estimate of drug-likeness (QED) is 0.212. The number of ether oxygens (including phenoxy) is 1. The molecule has 31 heavy (non-hydrogen) atoms. The van der Waals surface area contributed by atoms with Crippen LogP contribution in [0.5, 0.6) is 0 Å². The second-order valence-corrected chi connectivity index (χ2v) is 10.3. The number of hydrogen-bond acceptors (Lipinski definition) is 3. The van der Waals surface area contributed by atoms with E-state index in [0.717, 1.165) is 57.8 Å². The first-order valence-corrected chi connectivity index (χ1v) is 12.0. The van der Waals surface area contributed by atoms with E-state index in [1.54, 1.807) is 0 Å². The van der Waals surface area contributed by atoms with Crippen molar-refractivity contribution in [1.29, 1.82) is 0 Å². The van der Waals surface area contributed by atoms with Gasteiger partial charge in [0.05, 0.1) is 5.41 Å². The number of carboxylic acids is 1. The lowest BCUT2D eigenvalue weighted by atomic mass is 9.87. The number of aryl methyl sites for hydroxylation is 3. The summed E-state index contributed by atoms with van der Waals surface area (Å²) >= 11 is 0. The van der Waals surface area contributed by atoms with E-state index < -0.39 is 11.4 Å². The number of aliphatic carboxylic acids is 1. The molecule has 1 aromatic rings. The third-order valence-electron chi connectivity index (χ3n) is 6.15. The average molecular weight is 433 g/mol. The molecule has 4 nitrogen and oxygen atoms in total. The zero-order valence-electron chi connectivity index (χ0n) is 20.5. The van der Waals surface area contributed by atoms with Crippen LogP contribution in [-0.2, 0) is 27.2 Å². The largest absolute Gasteiger partial charge is 0.481 e. The molecule has 0 aliphatic carbocycles. The number of rotatable bonds is 17. The Hall–Kier alpha value is -1.84. The SMILES string of the molecule is Cc1cc(CCCCCCC(C)(C)OC=O)cc(CCCCCCC(C)(C)C(=O)O)c1. The summed E-state index contributed by atoms with van der Waals surface area (Å²) < 4.78 is 5.11. The molecule has 0 radical (unpaired) electrons. The van der Waals surface area contributed by atoms with Crippen molar-refractivity contribution in [3.8, 4) is 0 Å².